The van der Waals surface area contributed by atoms with Crippen molar-refractivity contribution in [3.05, 3.63) is 54.1 Å². The molecule has 1 aliphatic rings. The molecule has 6 nitrogen and oxygen atoms in total. The van der Waals surface area contributed by atoms with Crippen molar-refractivity contribution < 1.29 is 4.79 Å². The Morgan fingerprint density at radius 3 is 2.89 bits per heavy atom. The van der Waals surface area contributed by atoms with Gasteiger partial charge in [0, 0.05) is 36.9 Å². The fourth-order valence-corrected chi connectivity index (χ4v) is 4.09. The van der Waals surface area contributed by atoms with Crippen molar-refractivity contribution in [1.82, 2.24) is 19.4 Å². The lowest BCUT2D eigenvalue weighted by atomic mass is 10.1. The van der Waals surface area contributed by atoms with Crippen LogP contribution in [0.15, 0.2) is 42.7 Å². The molecule has 28 heavy (non-hydrogen) atoms. The van der Waals surface area contributed by atoms with E-state index in [1.165, 1.54) is 0 Å². The first-order chi connectivity index (χ1) is 13.6. The zero-order valence-corrected chi connectivity index (χ0v) is 16.7. The van der Waals surface area contributed by atoms with Crippen molar-refractivity contribution in [2.45, 2.75) is 45.6 Å². The number of carbonyl (C=O) groups excluding carboxylic acids is 1. The Morgan fingerprint density at radius 2 is 2.11 bits per heavy atom. The summed E-state index contributed by atoms with van der Waals surface area (Å²) >= 11 is 0. The first kappa shape index (κ1) is 18.5. The number of urea groups is 1. The maximum atomic E-state index is 12.8. The van der Waals surface area contributed by atoms with E-state index in [2.05, 4.69) is 41.7 Å². The van der Waals surface area contributed by atoms with E-state index in [-0.39, 0.29) is 11.9 Å². The smallest absolute Gasteiger partial charge is 0.321 e. The van der Waals surface area contributed by atoms with Gasteiger partial charge in [-0.25, -0.2) is 9.78 Å². The predicted molar refractivity (Wildman–Crippen MR) is 112 cm³/mol. The number of imidazole rings is 1. The van der Waals surface area contributed by atoms with E-state index < -0.39 is 0 Å². The number of anilines is 1. The summed E-state index contributed by atoms with van der Waals surface area (Å²) in [6.07, 6.45) is 5.48. The highest BCUT2D eigenvalue weighted by Gasteiger charge is 2.31. The van der Waals surface area contributed by atoms with Crippen LogP contribution in [0.3, 0.4) is 0 Å². The highest BCUT2D eigenvalue weighted by atomic mass is 16.2. The molecule has 0 bridgehead atoms. The normalized spacial score (nSPS) is 16.9. The number of nitrogens with zero attached hydrogens (tertiary/aromatic N) is 4. The van der Waals surface area contributed by atoms with Crippen LogP contribution in [0.5, 0.6) is 0 Å². The molecule has 3 heterocycles. The Balaban J connectivity index is 1.54. The van der Waals surface area contributed by atoms with Crippen molar-refractivity contribution in [3.63, 3.8) is 0 Å². The lowest BCUT2D eigenvalue weighted by Gasteiger charge is -2.20. The van der Waals surface area contributed by atoms with E-state index in [0.717, 1.165) is 47.5 Å². The zero-order chi connectivity index (χ0) is 19.7. The molecule has 1 N–H and O–H groups in total. The summed E-state index contributed by atoms with van der Waals surface area (Å²) in [5.74, 6) is 1.30. The molecule has 6 heteroatoms. The van der Waals surface area contributed by atoms with Gasteiger partial charge in [0.15, 0.2) is 0 Å². The second-order valence-corrected chi connectivity index (χ2v) is 7.67. The summed E-state index contributed by atoms with van der Waals surface area (Å²) in [6, 6.07) is 10.2. The first-order valence-electron chi connectivity index (χ1n) is 10.0. The van der Waals surface area contributed by atoms with Crippen LogP contribution in [0.1, 0.15) is 50.5 Å². The first-order valence-corrected chi connectivity index (χ1v) is 10.0. The summed E-state index contributed by atoms with van der Waals surface area (Å²) in [5.41, 5.74) is 4.09. The number of para-hydroxylation sites is 1. The molecule has 0 spiro atoms. The minimum absolute atomic E-state index is 0.0303. The Labute approximate surface area is 165 Å². The minimum Gasteiger partial charge on any atom is -0.324 e. The van der Waals surface area contributed by atoms with Crippen LogP contribution in [-0.4, -0.2) is 38.6 Å². The van der Waals surface area contributed by atoms with Gasteiger partial charge in [-0.05, 0) is 44.4 Å². The average molecular weight is 377 g/mol. The number of likely N-dealkylation sites (tertiary alicyclic amines) is 1. The van der Waals surface area contributed by atoms with E-state index in [1.807, 2.05) is 35.4 Å². The monoisotopic (exact) mass is 377 g/mol. The van der Waals surface area contributed by atoms with E-state index in [9.17, 15) is 4.79 Å². The zero-order valence-electron chi connectivity index (χ0n) is 16.7. The van der Waals surface area contributed by atoms with Crippen LogP contribution in [-0.2, 0) is 6.42 Å². The second kappa shape index (κ2) is 7.62. The molecule has 3 aromatic rings. The summed E-state index contributed by atoms with van der Waals surface area (Å²) in [7, 11) is 0. The largest absolute Gasteiger partial charge is 0.324 e. The SMILES string of the molecule is CCc1ccccc1NC(=O)N1CC[C@H](c2nc3ccncc3n2C(C)C)C1. The maximum absolute atomic E-state index is 12.8. The van der Waals surface area contributed by atoms with Gasteiger partial charge in [0.2, 0.25) is 0 Å². The summed E-state index contributed by atoms with van der Waals surface area (Å²) in [6.45, 7) is 7.85. The molecule has 0 radical (unpaired) electrons. The second-order valence-electron chi connectivity index (χ2n) is 7.67. The summed E-state index contributed by atoms with van der Waals surface area (Å²) < 4.78 is 2.26. The van der Waals surface area contributed by atoms with Gasteiger partial charge in [-0.15, -0.1) is 0 Å². The molecule has 1 fully saturated rings. The summed E-state index contributed by atoms with van der Waals surface area (Å²) in [4.78, 5) is 23.9. The Hall–Kier alpha value is -2.89. The Kier molecular flexibility index (Phi) is 5.03. The molecule has 0 aliphatic carbocycles. The van der Waals surface area contributed by atoms with Crippen molar-refractivity contribution in [2.75, 3.05) is 18.4 Å². The van der Waals surface area contributed by atoms with E-state index >= 15 is 0 Å². The number of aromatic nitrogens is 3. The molecule has 1 saturated heterocycles. The minimum atomic E-state index is -0.0303. The van der Waals surface area contributed by atoms with E-state index in [4.69, 9.17) is 4.98 Å². The van der Waals surface area contributed by atoms with Gasteiger partial charge in [0.1, 0.15) is 5.82 Å². The third kappa shape index (κ3) is 3.35. The lowest BCUT2D eigenvalue weighted by molar-refractivity contribution is 0.222. The van der Waals surface area contributed by atoms with Gasteiger partial charge in [-0.3, -0.25) is 4.98 Å². The van der Waals surface area contributed by atoms with Gasteiger partial charge >= 0.3 is 6.03 Å². The Morgan fingerprint density at radius 1 is 1.29 bits per heavy atom. The Bertz CT molecular complexity index is 994. The van der Waals surface area contributed by atoms with Crippen LogP contribution in [0.4, 0.5) is 10.5 Å². The predicted octanol–water partition coefficient (Wildman–Crippen LogP) is 4.60. The highest BCUT2D eigenvalue weighted by Crippen LogP contribution is 2.32. The molecule has 2 amide bonds. The van der Waals surface area contributed by atoms with Crippen molar-refractivity contribution in [1.29, 1.82) is 0 Å². The maximum Gasteiger partial charge on any atom is 0.321 e. The molecule has 2 aromatic heterocycles. The molecular weight excluding hydrogens is 350 g/mol. The summed E-state index contributed by atoms with van der Waals surface area (Å²) in [5, 5.41) is 3.09. The molecule has 4 rings (SSSR count). The fraction of sp³-hybridized carbons (Fsp3) is 0.409. The number of nitrogens with one attached hydrogen (secondary N) is 1. The van der Waals surface area contributed by atoms with Crippen LogP contribution in [0.2, 0.25) is 0 Å². The van der Waals surface area contributed by atoms with Gasteiger partial charge in [-0.1, -0.05) is 25.1 Å². The van der Waals surface area contributed by atoms with Crippen molar-refractivity contribution >= 4 is 22.8 Å². The topological polar surface area (TPSA) is 63.1 Å². The lowest BCUT2D eigenvalue weighted by Crippen LogP contribution is -2.33. The van der Waals surface area contributed by atoms with Crippen molar-refractivity contribution in [2.24, 2.45) is 0 Å². The average Bonchev–Trinajstić information content (AvgIpc) is 3.33. The number of fused-ring (bicyclic) bond motifs is 1. The molecular formula is C22H27N5O. The van der Waals surface area contributed by atoms with E-state index in [0.29, 0.717) is 12.6 Å². The van der Waals surface area contributed by atoms with Gasteiger partial charge < -0.3 is 14.8 Å². The number of benzene rings is 1. The third-order valence-electron chi connectivity index (χ3n) is 5.52. The quantitative estimate of drug-likeness (QED) is 0.723. The number of amides is 2. The third-order valence-corrected chi connectivity index (χ3v) is 5.52. The number of hydrogen-bond acceptors (Lipinski definition) is 3. The van der Waals surface area contributed by atoms with E-state index in [1.54, 1.807) is 6.20 Å². The molecule has 1 aromatic carbocycles. The highest BCUT2D eigenvalue weighted by molar-refractivity contribution is 5.90. The molecule has 1 atom stereocenters. The standard InChI is InChI=1S/C22H27N5O/c1-4-16-7-5-6-8-18(16)25-22(28)26-12-10-17(14-26)21-24-19-9-11-23-13-20(19)27(21)15(2)3/h5-9,11,13,15,17H,4,10,12,14H2,1-3H3,(H,25,28)/t17-/m0/s1. The fourth-order valence-electron chi connectivity index (χ4n) is 4.09. The van der Waals surface area contributed by atoms with Gasteiger partial charge in [0.05, 0.1) is 17.2 Å². The molecule has 146 valence electrons. The number of carbonyl (C=O) groups is 1. The van der Waals surface area contributed by atoms with Gasteiger partial charge in [0.25, 0.3) is 0 Å². The van der Waals surface area contributed by atoms with Crippen LogP contribution in [0, 0.1) is 0 Å². The molecule has 0 unspecified atom stereocenters. The van der Waals surface area contributed by atoms with Crippen LogP contribution >= 0.6 is 0 Å². The number of pyridine rings is 1. The van der Waals surface area contributed by atoms with Gasteiger partial charge in [-0.2, -0.15) is 0 Å². The number of aryl methyl sites for hydroxylation is 1. The number of hydrogen-bond donors (Lipinski definition) is 1. The van der Waals surface area contributed by atoms with Crippen LogP contribution < -0.4 is 5.32 Å². The van der Waals surface area contributed by atoms with Crippen molar-refractivity contribution in [3.8, 4) is 0 Å². The van der Waals surface area contributed by atoms with Crippen LogP contribution in [0.25, 0.3) is 11.0 Å². The molecule has 1 aliphatic heterocycles. The number of rotatable bonds is 4. The molecule has 0 saturated carbocycles.